The zero-order valence-electron chi connectivity index (χ0n) is 16.8. The maximum absolute atomic E-state index is 12.2. The van der Waals surface area contributed by atoms with Crippen molar-refractivity contribution >= 4 is 29.8 Å². The molecule has 2 heterocycles. The van der Waals surface area contributed by atoms with E-state index in [0.29, 0.717) is 24.4 Å². The largest absolute Gasteiger partial charge is 0.484 e. The Morgan fingerprint density at radius 3 is 2.03 bits per heavy atom. The van der Waals surface area contributed by atoms with E-state index in [-0.39, 0.29) is 18.1 Å². The second-order valence-electron chi connectivity index (χ2n) is 7.11. The molecule has 9 nitrogen and oxygen atoms in total. The van der Waals surface area contributed by atoms with Crippen LogP contribution < -0.4 is 4.74 Å². The van der Waals surface area contributed by atoms with Crippen molar-refractivity contribution in [3.05, 3.63) is 35.4 Å². The molecule has 0 aliphatic carbocycles. The number of likely N-dealkylation sites (N-methyl/N-ethyl adjacent to an activating group) is 3. The highest BCUT2D eigenvalue weighted by Crippen LogP contribution is 2.19. The van der Waals surface area contributed by atoms with Crippen molar-refractivity contribution < 1.29 is 23.9 Å². The summed E-state index contributed by atoms with van der Waals surface area (Å²) in [5.74, 6) is -0.828. The lowest BCUT2D eigenvalue weighted by Gasteiger charge is -2.32. The van der Waals surface area contributed by atoms with E-state index in [2.05, 4.69) is 4.90 Å². The molecule has 5 amide bonds. The predicted octanol–water partition coefficient (Wildman–Crippen LogP) is 0.273. The number of carbonyl (C=O) groups is 4. The zero-order chi connectivity index (χ0) is 21.1. The van der Waals surface area contributed by atoms with Gasteiger partial charge in [-0.25, -0.2) is 4.79 Å². The second-order valence-corrected chi connectivity index (χ2v) is 7.11. The van der Waals surface area contributed by atoms with Crippen LogP contribution in [0.1, 0.15) is 5.56 Å². The summed E-state index contributed by atoms with van der Waals surface area (Å²) in [6.07, 6.45) is 1.43. The van der Waals surface area contributed by atoms with Crippen molar-refractivity contribution in [3.8, 4) is 5.75 Å². The summed E-state index contributed by atoms with van der Waals surface area (Å²) in [6.45, 7) is 3.04. The van der Waals surface area contributed by atoms with Gasteiger partial charge < -0.3 is 14.5 Å². The standard InChI is InChI=1S/C20H24N4O5/c1-21-8-10-24(11-9-21)17(25)13-29-15-6-4-14(5-7-15)12-16-18(26)22(2)20(28)23(3)19(16)27/h4-7,12H,8-11,13H2,1-3H3. The number of piperazine rings is 1. The Kier molecular flexibility index (Phi) is 5.97. The summed E-state index contributed by atoms with van der Waals surface area (Å²) < 4.78 is 5.56. The van der Waals surface area contributed by atoms with Crippen molar-refractivity contribution in [2.45, 2.75) is 0 Å². The van der Waals surface area contributed by atoms with Gasteiger partial charge in [-0.1, -0.05) is 12.1 Å². The SMILES string of the molecule is CN1CCN(C(=O)COc2ccc(C=C3C(=O)N(C)C(=O)N(C)C3=O)cc2)CC1. The molecule has 29 heavy (non-hydrogen) atoms. The van der Waals surface area contributed by atoms with E-state index < -0.39 is 17.8 Å². The van der Waals surface area contributed by atoms with Gasteiger partial charge in [-0.15, -0.1) is 0 Å². The van der Waals surface area contributed by atoms with Gasteiger partial charge in [0.15, 0.2) is 6.61 Å². The molecule has 0 unspecified atom stereocenters. The normalized spacial score (nSPS) is 18.4. The van der Waals surface area contributed by atoms with Crippen LogP contribution in [0.2, 0.25) is 0 Å². The van der Waals surface area contributed by atoms with Crippen molar-refractivity contribution in [1.29, 1.82) is 0 Å². The molecule has 1 aromatic carbocycles. The lowest BCUT2D eigenvalue weighted by Crippen LogP contribution is -2.52. The fourth-order valence-corrected chi connectivity index (χ4v) is 3.09. The first-order chi connectivity index (χ1) is 13.8. The molecule has 2 fully saturated rings. The number of rotatable bonds is 4. The highest BCUT2D eigenvalue weighted by molar-refractivity contribution is 6.30. The Labute approximate surface area is 169 Å². The number of hydrogen-bond donors (Lipinski definition) is 0. The van der Waals surface area contributed by atoms with Crippen LogP contribution >= 0.6 is 0 Å². The number of carbonyl (C=O) groups excluding carboxylic acids is 4. The molecule has 1 aromatic rings. The molecule has 154 valence electrons. The lowest BCUT2D eigenvalue weighted by molar-refractivity contribution is -0.135. The summed E-state index contributed by atoms with van der Waals surface area (Å²) in [7, 11) is 4.68. The highest BCUT2D eigenvalue weighted by atomic mass is 16.5. The van der Waals surface area contributed by atoms with Gasteiger partial charge in [-0.05, 0) is 30.8 Å². The molecule has 0 spiro atoms. The molecule has 3 rings (SSSR count). The van der Waals surface area contributed by atoms with Gasteiger partial charge in [0.2, 0.25) is 0 Å². The minimum absolute atomic E-state index is 0.0428. The fourth-order valence-electron chi connectivity index (χ4n) is 3.09. The van der Waals surface area contributed by atoms with Crippen molar-refractivity contribution in [3.63, 3.8) is 0 Å². The molecular weight excluding hydrogens is 376 g/mol. The first kappa shape index (κ1) is 20.5. The van der Waals surface area contributed by atoms with Gasteiger partial charge in [0.05, 0.1) is 0 Å². The smallest absolute Gasteiger partial charge is 0.333 e. The average molecular weight is 400 g/mol. The second kappa shape index (κ2) is 8.44. The van der Waals surface area contributed by atoms with Crippen LogP contribution in [0.4, 0.5) is 4.79 Å². The Balaban J connectivity index is 1.62. The molecule has 2 aliphatic rings. The summed E-state index contributed by atoms with van der Waals surface area (Å²) in [6, 6.07) is 6.03. The minimum atomic E-state index is -0.661. The van der Waals surface area contributed by atoms with E-state index >= 15 is 0 Å². The van der Waals surface area contributed by atoms with E-state index in [4.69, 9.17) is 4.74 Å². The first-order valence-corrected chi connectivity index (χ1v) is 9.29. The van der Waals surface area contributed by atoms with Crippen molar-refractivity contribution in [2.24, 2.45) is 0 Å². The molecule has 2 aliphatic heterocycles. The molecular formula is C20H24N4O5. The third kappa shape index (κ3) is 4.45. The van der Waals surface area contributed by atoms with Gasteiger partial charge in [0.25, 0.3) is 17.7 Å². The Morgan fingerprint density at radius 1 is 0.931 bits per heavy atom. The van der Waals surface area contributed by atoms with Crippen LogP contribution in [0.5, 0.6) is 5.75 Å². The van der Waals surface area contributed by atoms with Crippen LogP contribution in [0.25, 0.3) is 6.08 Å². The molecule has 0 bridgehead atoms. The maximum atomic E-state index is 12.2. The van der Waals surface area contributed by atoms with Gasteiger partial charge in [0.1, 0.15) is 11.3 Å². The molecule has 0 saturated carbocycles. The Bertz CT molecular complexity index is 830. The highest BCUT2D eigenvalue weighted by Gasteiger charge is 2.37. The van der Waals surface area contributed by atoms with Crippen LogP contribution in [0.3, 0.4) is 0 Å². The van der Waals surface area contributed by atoms with Crippen LogP contribution in [0.15, 0.2) is 29.8 Å². The van der Waals surface area contributed by atoms with E-state index in [1.165, 1.54) is 20.2 Å². The monoisotopic (exact) mass is 400 g/mol. The lowest BCUT2D eigenvalue weighted by atomic mass is 10.1. The number of ether oxygens (including phenoxy) is 1. The van der Waals surface area contributed by atoms with E-state index in [1.807, 2.05) is 7.05 Å². The number of barbiturate groups is 1. The maximum Gasteiger partial charge on any atom is 0.333 e. The average Bonchev–Trinajstić information content (AvgIpc) is 2.73. The van der Waals surface area contributed by atoms with Crippen molar-refractivity contribution in [1.82, 2.24) is 19.6 Å². The summed E-state index contributed by atoms with van der Waals surface area (Å²) in [5.41, 5.74) is 0.518. The predicted molar refractivity (Wildman–Crippen MR) is 105 cm³/mol. The van der Waals surface area contributed by atoms with Crippen LogP contribution in [0, 0.1) is 0 Å². The quantitative estimate of drug-likeness (QED) is 0.533. The third-order valence-corrected chi connectivity index (χ3v) is 5.05. The van der Waals surface area contributed by atoms with Gasteiger partial charge in [-0.3, -0.25) is 24.2 Å². The van der Waals surface area contributed by atoms with Crippen LogP contribution in [-0.2, 0) is 14.4 Å². The Hall–Kier alpha value is -3.20. The number of benzene rings is 1. The topological polar surface area (TPSA) is 90.5 Å². The fraction of sp³-hybridized carbons (Fsp3) is 0.400. The first-order valence-electron chi connectivity index (χ1n) is 9.29. The Morgan fingerprint density at radius 2 is 1.48 bits per heavy atom. The van der Waals surface area contributed by atoms with E-state index in [9.17, 15) is 19.2 Å². The minimum Gasteiger partial charge on any atom is -0.484 e. The molecule has 0 radical (unpaired) electrons. The molecule has 0 aromatic heterocycles. The van der Waals surface area contributed by atoms with E-state index in [1.54, 1.807) is 29.2 Å². The molecule has 2 saturated heterocycles. The van der Waals surface area contributed by atoms with Crippen LogP contribution in [-0.4, -0.2) is 97.3 Å². The molecule has 0 N–H and O–H groups in total. The molecule has 0 atom stereocenters. The van der Waals surface area contributed by atoms with Gasteiger partial charge in [0, 0.05) is 40.3 Å². The number of amides is 5. The number of urea groups is 1. The van der Waals surface area contributed by atoms with Gasteiger partial charge >= 0.3 is 6.03 Å². The zero-order valence-corrected chi connectivity index (χ0v) is 16.8. The number of hydrogen-bond acceptors (Lipinski definition) is 6. The summed E-state index contributed by atoms with van der Waals surface area (Å²) in [5, 5.41) is 0. The number of nitrogens with zero attached hydrogens (tertiary/aromatic N) is 4. The van der Waals surface area contributed by atoms with Gasteiger partial charge in [-0.2, -0.15) is 0 Å². The van der Waals surface area contributed by atoms with E-state index in [0.717, 1.165) is 22.9 Å². The summed E-state index contributed by atoms with van der Waals surface area (Å²) in [4.78, 5) is 54.2. The summed E-state index contributed by atoms with van der Waals surface area (Å²) >= 11 is 0. The third-order valence-electron chi connectivity index (χ3n) is 5.05. The number of imide groups is 2. The van der Waals surface area contributed by atoms with Crippen molar-refractivity contribution in [2.75, 3.05) is 53.9 Å². The molecule has 9 heteroatoms.